The predicted molar refractivity (Wildman–Crippen MR) is 61.2 cm³/mol. The van der Waals surface area contributed by atoms with Gasteiger partial charge in [0.25, 0.3) is 5.91 Å². The van der Waals surface area contributed by atoms with Crippen LogP contribution in [0.5, 0.6) is 0 Å². The Hall–Kier alpha value is -1.31. The molecule has 1 aromatic rings. The molecule has 0 saturated carbocycles. The highest BCUT2D eigenvalue weighted by Gasteiger charge is 2.34. The molecule has 0 bridgehead atoms. The first-order chi connectivity index (χ1) is 6.92. The van der Waals surface area contributed by atoms with E-state index in [2.05, 4.69) is 26.8 Å². The Bertz CT molecular complexity index is 421. The Labute approximate surface area is 90.9 Å². The van der Waals surface area contributed by atoms with Crippen molar-refractivity contribution in [2.24, 2.45) is 0 Å². The van der Waals surface area contributed by atoms with Crippen molar-refractivity contribution in [3.8, 4) is 0 Å². The zero-order chi connectivity index (χ0) is 11.2. The molecule has 0 saturated heterocycles. The lowest BCUT2D eigenvalue weighted by Gasteiger charge is -2.37. The van der Waals surface area contributed by atoms with E-state index in [4.69, 9.17) is 0 Å². The number of hydrogen-bond acceptors (Lipinski definition) is 1. The van der Waals surface area contributed by atoms with E-state index in [1.54, 1.807) is 4.90 Å². The minimum absolute atomic E-state index is 0.0595. The molecule has 1 aromatic carbocycles. The number of carbonyl (C=O) groups excluding carboxylic acids is 1. The second kappa shape index (κ2) is 3.09. The van der Waals surface area contributed by atoms with Crippen LogP contribution >= 0.6 is 0 Å². The van der Waals surface area contributed by atoms with Crippen molar-refractivity contribution >= 4 is 5.91 Å². The lowest BCUT2D eigenvalue weighted by molar-refractivity contribution is 0.0737. The maximum Gasteiger partial charge on any atom is 0.253 e. The van der Waals surface area contributed by atoms with Crippen molar-refractivity contribution in [2.75, 3.05) is 13.6 Å². The first kappa shape index (κ1) is 10.2. The molecule has 15 heavy (non-hydrogen) atoms. The van der Waals surface area contributed by atoms with Gasteiger partial charge in [-0.25, -0.2) is 0 Å². The minimum atomic E-state index is 0.0595. The van der Waals surface area contributed by atoms with Crippen molar-refractivity contribution in [3.05, 3.63) is 34.9 Å². The van der Waals surface area contributed by atoms with Crippen molar-refractivity contribution in [1.82, 2.24) is 4.90 Å². The number of rotatable bonds is 0. The van der Waals surface area contributed by atoms with Crippen LogP contribution in [0.2, 0.25) is 0 Å². The number of hydrogen-bond donors (Lipinski definition) is 0. The molecule has 0 atom stereocenters. The molecule has 1 aliphatic rings. The van der Waals surface area contributed by atoms with Gasteiger partial charge in [0.2, 0.25) is 0 Å². The average Bonchev–Trinajstić information content (AvgIpc) is 2.14. The molecule has 2 heteroatoms. The smallest absolute Gasteiger partial charge is 0.253 e. The van der Waals surface area contributed by atoms with Gasteiger partial charge in [-0.1, -0.05) is 31.5 Å². The van der Waals surface area contributed by atoms with Crippen LogP contribution in [0.1, 0.15) is 35.3 Å². The van der Waals surface area contributed by atoms with Crippen LogP contribution in [-0.4, -0.2) is 24.4 Å². The van der Waals surface area contributed by atoms with Crippen molar-refractivity contribution in [3.63, 3.8) is 0 Å². The molecular formula is C13H17NO. The van der Waals surface area contributed by atoms with Gasteiger partial charge in [0.05, 0.1) is 0 Å². The maximum absolute atomic E-state index is 11.9. The van der Waals surface area contributed by atoms with E-state index in [0.29, 0.717) is 0 Å². The SMILES string of the molecule is Cc1ccc2c(c1)C(C)(C)CN(C)C2=O. The van der Waals surface area contributed by atoms with Gasteiger partial charge in [-0.2, -0.15) is 0 Å². The van der Waals surface area contributed by atoms with Crippen LogP contribution in [0, 0.1) is 6.92 Å². The summed E-state index contributed by atoms with van der Waals surface area (Å²) in [6, 6.07) is 6.09. The fourth-order valence-electron chi connectivity index (χ4n) is 2.36. The second-order valence-electron chi connectivity index (χ2n) is 5.09. The number of fused-ring (bicyclic) bond motifs is 1. The molecule has 2 rings (SSSR count). The Morgan fingerprint density at radius 2 is 2.00 bits per heavy atom. The fourth-order valence-corrected chi connectivity index (χ4v) is 2.36. The monoisotopic (exact) mass is 203 g/mol. The van der Waals surface area contributed by atoms with Gasteiger partial charge < -0.3 is 4.90 Å². The quantitative estimate of drug-likeness (QED) is 0.634. The molecular weight excluding hydrogens is 186 g/mol. The van der Waals surface area contributed by atoms with Gasteiger partial charge in [-0.15, -0.1) is 0 Å². The maximum atomic E-state index is 11.9. The predicted octanol–water partition coefficient (Wildman–Crippen LogP) is 2.36. The van der Waals surface area contributed by atoms with Crippen LogP contribution in [0.15, 0.2) is 18.2 Å². The van der Waals surface area contributed by atoms with Gasteiger partial charge in [0.1, 0.15) is 0 Å². The van der Waals surface area contributed by atoms with Crippen molar-refractivity contribution in [1.29, 1.82) is 0 Å². The molecule has 80 valence electrons. The first-order valence-corrected chi connectivity index (χ1v) is 5.28. The van der Waals surface area contributed by atoms with Crippen LogP contribution in [0.25, 0.3) is 0 Å². The largest absolute Gasteiger partial charge is 0.341 e. The van der Waals surface area contributed by atoms with Crippen molar-refractivity contribution in [2.45, 2.75) is 26.2 Å². The lowest BCUT2D eigenvalue weighted by Crippen LogP contribution is -2.44. The summed E-state index contributed by atoms with van der Waals surface area (Å²) in [7, 11) is 1.87. The van der Waals surface area contributed by atoms with E-state index < -0.39 is 0 Å². The van der Waals surface area contributed by atoms with E-state index in [1.807, 2.05) is 19.2 Å². The van der Waals surface area contributed by atoms with E-state index in [-0.39, 0.29) is 11.3 Å². The Balaban J connectivity index is 2.64. The molecule has 2 nitrogen and oxygen atoms in total. The number of carbonyl (C=O) groups is 1. The van der Waals surface area contributed by atoms with Gasteiger partial charge in [0, 0.05) is 24.6 Å². The number of benzene rings is 1. The summed E-state index contributed by atoms with van der Waals surface area (Å²) >= 11 is 0. The highest BCUT2D eigenvalue weighted by molar-refractivity contribution is 5.97. The third-order valence-corrected chi connectivity index (χ3v) is 3.11. The number of likely N-dealkylation sites (N-methyl/N-ethyl adjacent to an activating group) is 1. The van der Waals surface area contributed by atoms with Crippen molar-refractivity contribution < 1.29 is 4.79 Å². The van der Waals surface area contributed by atoms with Gasteiger partial charge in [0.15, 0.2) is 0 Å². The molecule has 0 N–H and O–H groups in total. The van der Waals surface area contributed by atoms with E-state index in [1.165, 1.54) is 11.1 Å². The zero-order valence-corrected chi connectivity index (χ0v) is 9.79. The number of aryl methyl sites for hydroxylation is 1. The van der Waals surface area contributed by atoms with Gasteiger partial charge in [-0.3, -0.25) is 4.79 Å². The van der Waals surface area contributed by atoms with Crippen LogP contribution in [-0.2, 0) is 5.41 Å². The molecule has 0 spiro atoms. The second-order valence-corrected chi connectivity index (χ2v) is 5.09. The molecule has 1 aliphatic heterocycles. The summed E-state index contributed by atoms with van der Waals surface area (Å²) in [5, 5.41) is 0. The van der Waals surface area contributed by atoms with Crippen LogP contribution in [0.4, 0.5) is 0 Å². The number of amides is 1. The summed E-state index contributed by atoms with van der Waals surface area (Å²) in [4.78, 5) is 13.7. The zero-order valence-electron chi connectivity index (χ0n) is 9.79. The van der Waals surface area contributed by atoms with Gasteiger partial charge in [-0.05, 0) is 18.6 Å². The summed E-state index contributed by atoms with van der Waals surface area (Å²) < 4.78 is 0. The van der Waals surface area contributed by atoms with E-state index in [0.717, 1.165) is 12.1 Å². The normalized spacial score (nSPS) is 18.9. The van der Waals surface area contributed by atoms with Gasteiger partial charge >= 0.3 is 0 Å². The third-order valence-electron chi connectivity index (χ3n) is 3.11. The minimum Gasteiger partial charge on any atom is -0.341 e. The molecule has 0 radical (unpaired) electrons. The average molecular weight is 203 g/mol. The van der Waals surface area contributed by atoms with E-state index >= 15 is 0 Å². The Kier molecular flexibility index (Phi) is 2.10. The molecule has 0 unspecified atom stereocenters. The third kappa shape index (κ3) is 1.54. The van der Waals surface area contributed by atoms with Crippen LogP contribution in [0.3, 0.4) is 0 Å². The molecule has 1 amide bonds. The molecule has 0 fully saturated rings. The summed E-state index contributed by atoms with van der Waals surface area (Å²) in [5.41, 5.74) is 3.33. The first-order valence-electron chi connectivity index (χ1n) is 5.28. The Morgan fingerprint density at radius 3 is 2.67 bits per heavy atom. The fraction of sp³-hybridized carbons (Fsp3) is 0.462. The highest BCUT2D eigenvalue weighted by atomic mass is 16.2. The lowest BCUT2D eigenvalue weighted by atomic mass is 9.77. The molecule has 0 aliphatic carbocycles. The molecule has 0 aromatic heterocycles. The topological polar surface area (TPSA) is 20.3 Å². The Morgan fingerprint density at radius 1 is 1.33 bits per heavy atom. The number of nitrogens with zero attached hydrogens (tertiary/aromatic N) is 1. The standard InChI is InChI=1S/C13H17NO/c1-9-5-6-10-11(7-9)13(2,3)8-14(4)12(10)15/h5-7H,8H2,1-4H3. The summed E-state index contributed by atoms with van der Waals surface area (Å²) in [6.45, 7) is 7.24. The highest BCUT2D eigenvalue weighted by Crippen LogP contribution is 2.33. The summed E-state index contributed by atoms with van der Waals surface area (Å²) in [5.74, 6) is 0.143. The van der Waals surface area contributed by atoms with E-state index in [9.17, 15) is 4.79 Å². The van der Waals surface area contributed by atoms with Crippen LogP contribution < -0.4 is 0 Å². The molecule has 1 heterocycles. The summed E-state index contributed by atoms with van der Waals surface area (Å²) in [6.07, 6.45) is 0.